The van der Waals surface area contributed by atoms with Crippen LogP contribution in [0.25, 0.3) is 0 Å². The predicted molar refractivity (Wildman–Crippen MR) is 141 cm³/mol. The molecule has 4 unspecified atom stereocenters. The minimum absolute atomic E-state index is 0.00788. The molecule has 2 rings (SSSR count). The Kier molecular flexibility index (Phi) is 12.2. The van der Waals surface area contributed by atoms with Crippen molar-refractivity contribution in [2.75, 3.05) is 12.0 Å². The van der Waals surface area contributed by atoms with Gasteiger partial charge in [0.05, 0.1) is 18.8 Å². The van der Waals surface area contributed by atoms with Crippen LogP contribution in [0.15, 0.2) is 36.8 Å². The van der Waals surface area contributed by atoms with Crippen molar-refractivity contribution in [2.45, 2.75) is 49.9 Å². The highest BCUT2D eigenvalue weighted by molar-refractivity contribution is 7.98. The molecule has 0 aliphatic rings. The van der Waals surface area contributed by atoms with E-state index in [4.69, 9.17) is 10.8 Å². The Balaban J connectivity index is 2.28. The van der Waals surface area contributed by atoms with Crippen LogP contribution in [-0.4, -0.2) is 91.1 Å². The molecule has 1 aromatic carbocycles. The second-order valence-electron chi connectivity index (χ2n) is 8.66. The maximum Gasteiger partial charge on any atom is 0.326 e. The number of H-pyrrole nitrogens is 1. The first-order valence-electron chi connectivity index (χ1n) is 11.9. The normalized spacial score (nSPS) is 13.9. The number of phenolic OH excluding ortho intramolecular Hbond substituents is 1. The van der Waals surface area contributed by atoms with E-state index in [0.717, 1.165) is 0 Å². The molecule has 2 aromatic rings. The number of benzene rings is 1. The van der Waals surface area contributed by atoms with Gasteiger partial charge in [-0.2, -0.15) is 11.8 Å². The molecule has 0 fully saturated rings. The standard InChI is InChI=1S/C24H32N6O8S/c1-39-7-6-16(25)21(34)28-17(8-13-2-4-15(31)5-3-13)22(35)29-18(9-14-11-26-12-27-14)23(36)30-19(24(37)38)10-20(32)33/h2-5,11-12,16-19,31H,6-10,25H2,1H3,(H,26,27)(H,28,34)(H,29,35)(H,30,36)(H,32,33)(H,37,38). The van der Waals surface area contributed by atoms with Gasteiger partial charge in [0.25, 0.3) is 0 Å². The Hall–Kier alpha value is -4.11. The lowest BCUT2D eigenvalue weighted by Crippen LogP contribution is -2.58. The summed E-state index contributed by atoms with van der Waals surface area (Å²) in [6.45, 7) is 0. The van der Waals surface area contributed by atoms with E-state index in [1.54, 1.807) is 12.1 Å². The molecule has 14 nitrogen and oxygen atoms in total. The highest BCUT2D eigenvalue weighted by Crippen LogP contribution is 2.12. The second kappa shape index (κ2) is 15.3. The average molecular weight is 565 g/mol. The summed E-state index contributed by atoms with van der Waals surface area (Å²) in [6.07, 6.45) is 3.96. The molecule has 1 heterocycles. The Bertz CT molecular complexity index is 1130. The number of hydrogen-bond acceptors (Lipinski definition) is 9. The Morgan fingerprint density at radius 2 is 1.54 bits per heavy atom. The number of aromatic amines is 1. The van der Waals surface area contributed by atoms with Crippen LogP contribution in [0.1, 0.15) is 24.1 Å². The number of nitrogens with zero attached hydrogens (tertiary/aromatic N) is 1. The number of phenols is 1. The molecule has 0 aliphatic carbocycles. The molecule has 0 saturated heterocycles. The zero-order chi connectivity index (χ0) is 28.9. The van der Waals surface area contributed by atoms with E-state index in [2.05, 4.69) is 25.9 Å². The van der Waals surface area contributed by atoms with Gasteiger partial charge in [-0.15, -0.1) is 0 Å². The van der Waals surface area contributed by atoms with Crippen molar-refractivity contribution in [3.8, 4) is 5.75 Å². The monoisotopic (exact) mass is 564 g/mol. The number of imidazole rings is 1. The molecular weight excluding hydrogens is 532 g/mol. The lowest BCUT2D eigenvalue weighted by Gasteiger charge is -2.25. The summed E-state index contributed by atoms with van der Waals surface area (Å²) in [5, 5.41) is 35.1. The van der Waals surface area contributed by atoms with E-state index in [9.17, 15) is 34.2 Å². The molecule has 9 N–H and O–H groups in total. The third kappa shape index (κ3) is 10.6. The molecule has 39 heavy (non-hydrogen) atoms. The summed E-state index contributed by atoms with van der Waals surface area (Å²) < 4.78 is 0. The number of hydrogen-bond donors (Lipinski definition) is 8. The van der Waals surface area contributed by atoms with Gasteiger partial charge in [-0.1, -0.05) is 12.1 Å². The van der Waals surface area contributed by atoms with Gasteiger partial charge in [-0.25, -0.2) is 9.78 Å². The van der Waals surface area contributed by atoms with E-state index in [0.29, 0.717) is 23.4 Å². The third-order valence-corrected chi connectivity index (χ3v) is 6.23. The number of aromatic nitrogens is 2. The van der Waals surface area contributed by atoms with E-state index < -0.39 is 60.2 Å². The molecule has 3 amide bonds. The first kappa shape index (κ1) is 31.1. The smallest absolute Gasteiger partial charge is 0.326 e. The lowest BCUT2D eigenvalue weighted by molar-refractivity contribution is -0.147. The van der Waals surface area contributed by atoms with Crippen LogP contribution in [0, 0.1) is 0 Å². The number of aliphatic carboxylic acids is 2. The van der Waals surface area contributed by atoms with Crippen molar-refractivity contribution in [3.05, 3.63) is 48.0 Å². The van der Waals surface area contributed by atoms with Gasteiger partial charge in [0.2, 0.25) is 17.7 Å². The number of nitrogens with one attached hydrogen (secondary N) is 4. The zero-order valence-electron chi connectivity index (χ0n) is 21.1. The number of carbonyl (C=O) groups is 5. The number of amides is 3. The quantitative estimate of drug-likeness (QED) is 0.123. The average Bonchev–Trinajstić information content (AvgIpc) is 3.40. The molecule has 4 atom stereocenters. The van der Waals surface area contributed by atoms with Crippen molar-refractivity contribution in [1.82, 2.24) is 25.9 Å². The molecule has 0 bridgehead atoms. The summed E-state index contributed by atoms with van der Waals surface area (Å²) in [5.41, 5.74) is 6.98. The third-order valence-electron chi connectivity index (χ3n) is 5.58. The highest BCUT2D eigenvalue weighted by atomic mass is 32.2. The summed E-state index contributed by atoms with van der Waals surface area (Å²) in [5.74, 6) is -4.66. The number of nitrogens with two attached hydrogens (primary N) is 1. The molecule has 0 saturated carbocycles. The van der Waals surface area contributed by atoms with E-state index in [1.807, 2.05) is 6.26 Å². The summed E-state index contributed by atoms with van der Waals surface area (Å²) in [7, 11) is 0. The number of aromatic hydroxyl groups is 1. The molecule has 0 aliphatic heterocycles. The fourth-order valence-electron chi connectivity index (χ4n) is 3.48. The fraction of sp³-hybridized carbons (Fsp3) is 0.417. The second-order valence-corrected chi connectivity index (χ2v) is 9.64. The van der Waals surface area contributed by atoms with Gasteiger partial charge in [0, 0.05) is 24.7 Å². The van der Waals surface area contributed by atoms with Crippen LogP contribution in [0.5, 0.6) is 5.75 Å². The van der Waals surface area contributed by atoms with Gasteiger partial charge in [0.15, 0.2) is 0 Å². The van der Waals surface area contributed by atoms with Gasteiger partial charge < -0.3 is 42.0 Å². The Labute approximate surface area is 228 Å². The summed E-state index contributed by atoms with van der Waals surface area (Å²) in [4.78, 5) is 68.3. The molecule has 0 radical (unpaired) electrons. The molecule has 1 aromatic heterocycles. The number of rotatable bonds is 16. The maximum atomic E-state index is 13.4. The predicted octanol–water partition coefficient (Wildman–Crippen LogP) is -1.01. The number of thioether (sulfide) groups is 1. The molecule has 0 spiro atoms. The summed E-state index contributed by atoms with van der Waals surface area (Å²) in [6, 6.07) is 0.800. The van der Waals surface area contributed by atoms with Gasteiger partial charge >= 0.3 is 11.9 Å². The highest BCUT2D eigenvalue weighted by Gasteiger charge is 2.31. The fourth-order valence-corrected chi connectivity index (χ4v) is 3.97. The van der Waals surface area contributed by atoms with Gasteiger partial charge in [-0.3, -0.25) is 19.2 Å². The Morgan fingerprint density at radius 1 is 0.949 bits per heavy atom. The molecule has 212 valence electrons. The van der Waals surface area contributed by atoms with Crippen molar-refractivity contribution in [1.29, 1.82) is 0 Å². The first-order valence-corrected chi connectivity index (χ1v) is 13.2. The first-order chi connectivity index (χ1) is 18.5. The number of carboxylic acid groups (broad SMARTS) is 2. The SMILES string of the molecule is CSCCC(N)C(=O)NC(Cc1ccc(O)cc1)C(=O)NC(Cc1cnc[nH]1)C(=O)NC(CC(=O)O)C(=O)O. The van der Waals surface area contributed by atoms with Crippen LogP contribution in [0.3, 0.4) is 0 Å². The van der Waals surface area contributed by atoms with Gasteiger partial charge in [-0.05, 0) is 36.1 Å². The van der Waals surface area contributed by atoms with Crippen molar-refractivity contribution >= 4 is 41.4 Å². The van der Waals surface area contributed by atoms with Crippen molar-refractivity contribution in [2.24, 2.45) is 5.73 Å². The lowest BCUT2D eigenvalue weighted by atomic mass is 10.0. The van der Waals surface area contributed by atoms with Crippen LogP contribution in [-0.2, 0) is 36.8 Å². The number of carboxylic acids is 2. The topological polar surface area (TPSA) is 237 Å². The Morgan fingerprint density at radius 3 is 2.08 bits per heavy atom. The number of carbonyl (C=O) groups excluding carboxylic acids is 3. The largest absolute Gasteiger partial charge is 0.508 e. The van der Waals surface area contributed by atoms with E-state index in [1.165, 1.54) is 36.4 Å². The van der Waals surface area contributed by atoms with Crippen LogP contribution in [0.4, 0.5) is 0 Å². The van der Waals surface area contributed by atoms with Gasteiger partial charge in [0.1, 0.15) is 23.9 Å². The summed E-state index contributed by atoms with van der Waals surface area (Å²) >= 11 is 1.51. The maximum absolute atomic E-state index is 13.4. The van der Waals surface area contributed by atoms with Crippen molar-refractivity contribution < 1.29 is 39.3 Å². The minimum atomic E-state index is -1.74. The van der Waals surface area contributed by atoms with Crippen LogP contribution >= 0.6 is 11.8 Å². The van der Waals surface area contributed by atoms with Crippen LogP contribution < -0.4 is 21.7 Å². The minimum Gasteiger partial charge on any atom is -0.508 e. The van der Waals surface area contributed by atoms with Crippen LogP contribution in [0.2, 0.25) is 0 Å². The molecule has 15 heteroatoms. The van der Waals surface area contributed by atoms with Crippen molar-refractivity contribution in [3.63, 3.8) is 0 Å². The molecular formula is C24H32N6O8S. The van der Waals surface area contributed by atoms with E-state index >= 15 is 0 Å². The zero-order valence-corrected chi connectivity index (χ0v) is 21.9. The van der Waals surface area contributed by atoms with E-state index in [-0.39, 0.29) is 18.6 Å².